The zero-order chi connectivity index (χ0) is 17.2. The van der Waals surface area contributed by atoms with Gasteiger partial charge in [0.1, 0.15) is 12.7 Å². The molecule has 0 aromatic carbocycles. The summed E-state index contributed by atoms with van der Waals surface area (Å²) in [5.41, 5.74) is 1.01. The Bertz CT molecular complexity index is 519. The Morgan fingerprint density at radius 3 is 2.78 bits per heavy atom. The van der Waals surface area contributed by atoms with Crippen molar-refractivity contribution in [1.29, 1.82) is 0 Å². The van der Waals surface area contributed by atoms with E-state index in [-0.39, 0.29) is 12.0 Å². The van der Waals surface area contributed by atoms with E-state index in [1.807, 2.05) is 19.9 Å². The molecular weight excluding hydrogens is 296 g/mol. The summed E-state index contributed by atoms with van der Waals surface area (Å²) in [4.78, 5) is 8.29. The van der Waals surface area contributed by atoms with Crippen molar-refractivity contribution in [2.45, 2.75) is 32.7 Å². The first-order chi connectivity index (χ1) is 11.0. The maximum Gasteiger partial charge on any atom is 0.216 e. The lowest BCUT2D eigenvalue weighted by atomic mass is 9.97. The molecule has 1 N–H and O–H groups in total. The highest BCUT2D eigenvalue weighted by atomic mass is 16.5. The number of aliphatic hydroxyl groups excluding tert-OH is 1. The summed E-state index contributed by atoms with van der Waals surface area (Å²) in [7, 11) is 3.11. The molecule has 1 aromatic rings. The second-order valence-corrected chi connectivity index (χ2v) is 5.31. The molecule has 0 fully saturated rings. The van der Waals surface area contributed by atoms with E-state index in [1.54, 1.807) is 32.6 Å². The van der Waals surface area contributed by atoms with Gasteiger partial charge >= 0.3 is 0 Å². The van der Waals surface area contributed by atoms with Crippen molar-refractivity contribution < 1.29 is 19.3 Å². The lowest BCUT2D eigenvalue weighted by Gasteiger charge is -2.22. The molecule has 1 unspecified atom stereocenters. The summed E-state index contributed by atoms with van der Waals surface area (Å²) in [5, 5.41) is 10.2. The lowest BCUT2D eigenvalue weighted by Crippen LogP contribution is -2.31. The summed E-state index contributed by atoms with van der Waals surface area (Å²) < 4.78 is 15.8. The fourth-order valence-corrected chi connectivity index (χ4v) is 2.14. The van der Waals surface area contributed by atoms with E-state index in [0.717, 1.165) is 5.57 Å². The number of ether oxygens (including phenoxy) is 3. The third-order valence-electron chi connectivity index (χ3n) is 3.38. The molecule has 128 valence electrons. The van der Waals surface area contributed by atoms with Crippen molar-refractivity contribution in [1.82, 2.24) is 9.97 Å². The van der Waals surface area contributed by atoms with Gasteiger partial charge in [0.2, 0.25) is 5.88 Å². The highest BCUT2D eigenvalue weighted by Crippen LogP contribution is 2.15. The molecule has 0 aliphatic rings. The maximum absolute atomic E-state index is 10.2. The van der Waals surface area contributed by atoms with Gasteiger partial charge in [-0.15, -0.1) is 6.58 Å². The highest BCUT2D eigenvalue weighted by Gasteiger charge is 2.20. The van der Waals surface area contributed by atoms with E-state index >= 15 is 0 Å². The van der Waals surface area contributed by atoms with Crippen LogP contribution in [0, 0.1) is 5.92 Å². The smallest absolute Gasteiger partial charge is 0.216 e. The molecule has 6 heteroatoms. The molecule has 1 heterocycles. The summed E-state index contributed by atoms with van der Waals surface area (Å²) in [6, 6.07) is 1.68. The van der Waals surface area contributed by atoms with Crippen LogP contribution in [-0.4, -0.2) is 48.1 Å². The van der Waals surface area contributed by atoms with Gasteiger partial charge in [0.05, 0.1) is 19.8 Å². The molecule has 0 aliphatic carbocycles. The second kappa shape index (κ2) is 10.1. The Kier molecular flexibility index (Phi) is 8.47. The molecule has 1 aromatic heterocycles. The number of aromatic nitrogens is 2. The zero-order valence-electron chi connectivity index (χ0n) is 14.2. The molecule has 3 atom stereocenters. The van der Waals surface area contributed by atoms with E-state index < -0.39 is 6.10 Å². The van der Waals surface area contributed by atoms with E-state index in [9.17, 15) is 5.11 Å². The Labute approximate surface area is 137 Å². The number of hydrogen-bond donors (Lipinski definition) is 1. The van der Waals surface area contributed by atoms with Crippen molar-refractivity contribution in [2.24, 2.45) is 5.92 Å². The number of aliphatic hydroxyl groups is 1. The van der Waals surface area contributed by atoms with Crippen molar-refractivity contribution in [2.75, 3.05) is 20.8 Å². The normalized spacial score (nSPS) is 15.8. The minimum absolute atomic E-state index is 0.0744. The predicted octanol–water partition coefficient (Wildman–Crippen LogP) is 2.15. The van der Waals surface area contributed by atoms with E-state index in [4.69, 9.17) is 14.2 Å². The van der Waals surface area contributed by atoms with Gasteiger partial charge < -0.3 is 19.3 Å². The SMILES string of the molecule is C=CC(OC)[C@@H](O)[C@H](C)/C=C(/C)COCc1nccc(OC)n1. The van der Waals surface area contributed by atoms with Gasteiger partial charge in [-0.3, -0.25) is 0 Å². The van der Waals surface area contributed by atoms with Gasteiger partial charge in [-0.1, -0.05) is 24.6 Å². The maximum atomic E-state index is 10.2. The van der Waals surface area contributed by atoms with Crippen LogP contribution in [0.2, 0.25) is 0 Å². The van der Waals surface area contributed by atoms with Crippen molar-refractivity contribution >= 4 is 0 Å². The number of rotatable bonds is 10. The predicted molar refractivity (Wildman–Crippen MR) is 88.2 cm³/mol. The van der Waals surface area contributed by atoms with Crippen LogP contribution >= 0.6 is 0 Å². The molecule has 0 spiro atoms. The van der Waals surface area contributed by atoms with Crippen molar-refractivity contribution in [3.8, 4) is 5.88 Å². The molecule has 0 amide bonds. The minimum Gasteiger partial charge on any atom is -0.481 e. The van der Waals surface area contributed by atoms with E-state index in [2.05, 4.69) is 16.5 Å². The van der Waals surface area contributed by atoms with Crippen LogP contribution in [0.1, 0.15) is 19.7 Å². The molecule has 23 heavy (non-hydrogen) atoms. The average molecular weight is 322 g/mol. The summed E-state index contributed by atoms with van der Waals surface area (Å²) in [6.07, 6.45) is 4.16. The molecule has 0 aliphatic heterocycles. The average Bonchev–Trinajstić information content (AvgIpc) is 2.56. The number of nitrogens with zero attached hydrogens (tertiary/aromatic N) is 2. The topological polar surface area (TPSA) is 73.7 Å². The van der Waals surface area contributed by atoms with Gasteiger partial charge in [-0.2, -0.15) is 4.98 Å². The Hall–Kier alpha value is -1.76. The molecule has 0 bridgehead atoms. The summed E-state index contributed by atoms with van der Waals surface area (Å²) >= 11 is 0. The van der Waals surface area contributed by atoms with Crippen LogP contribution in [0.3, 0.4) is 0 Å². The van der Waals surface area contributed by atoms with Gasteiger partial charge in [-0.05, 0) is 6.92 Å². The summed E-state index contributed by atoms with van der Waals surface area (Å²) in [6.45, 7) is 8.26. The van der Waals surface area contributed by atoms with Gasteiger partial charge in [0, 0.05) is 25.3 Å². The lowest BCUT2D eigenvalue weighted by molar-refractivity contribution is -0.00171. The molecule has 6 nitrogen and oxygen atoms in total. The molecule has 1 rings (SSSR count). The molecule has 0 saturated carbocycles. The van der Waals surface area contributed by atoms with Crippen LogP contribution in [0.15, 0.2) is 36.6 Å². The fraction of sp³-hybridized carbons (Fsp3) is 0.529. The third kappa shape index (κ3) is 6.48. The number of methoxy groups -OCH3 is 2. The van der Waals surface area contributed by atoms with Crippen LogP contribution in [0.5, 0.6) is 5.88 Å². The van der Waals surface area contributed by atoms with Gasteiger partial charge in [0.15, 0.2) is 5.82 Å². The Balaban J connectivity index is 2.48. The molecule has 0 saturated heterocycles. The number of hydrogen-bond acceptors (Lipinski definition) is 6. The highest BCUT2D eigenvalue weighted by molar-refractivity contribution is 5.08. The quantitative estimate of drug-likeness (QED) is 0.665. The Morgan fingerprint density at radius 2 is 2.17 bits per heavy atom. The van der Waals surface area contributed by atoms with Crippen LogP contribution < -0.4 is 4.74 Å². The van der Waals surface area contributed by atoms with Crippen LogP contribution in [0.25, 0.3) is 0 Å². The van der Waals surface area contributed by atoms with Gasteiger partial charge in [0.25, 0.3) is 0 Å². The van der Waals surface area contributed by atoms with Gasteiger partial charge in [-0.25, -0.2) is 4.98 Å². The first kappa shape index (κ1) is 19.3. The monoisotopic (exact) mass is 322 g/mol. The molecule has 0 radical (unpaired) electrons. The molecular formula is C17H26N2O4. The first-order valence-electron chi connectivity index (χ1n) is 7.46. The third-order valence-corrected chi connectivity index (χ3v) is 3.38. The minimum atomic E-state index is -0.644. The fourth-order valence-electron chi connectivity index (χ4n) is 2.14. The van der Waals surface area contributed by atoms with E-state index in [0.29, 0.717) is 24.9 Å². The van der Waals surface area contributed by atoms with Crippen molar-refractivity contribution in [3.63, 3.8) is 0 Å². The van der Waals surface area contributed by atoms with E-state index in [1.165, 1.54) is 0 Å². The zero-order valence-corrected chi connectivity index (χ0v) is 14.2. The second-order valence-electron chi connectivity index (χ2n) is 5.31. The Morgan fingerprint density at radius 1 is 1.43 bits per heavy atom. The first-order valence-corrected chi connectivity index (χ1v) is 7.46. The standard InChI is InChI=1S/C17H26N2O4/c1-6-14(21-4)17(20)13(3)9-12(2)10-23-11-15-18-8-7-16(19-15)22-5/h6-9,13-14,17,20H,1,10-11H2,2-5H3/b12-9-/t13-,14?,17+/m1/s1. The van der Waals surface area contributed by atoms with Crippen LogP contribution in [-0.2, 0) is 16.1 Å². The van der Waals surface area contributed by atoms with Crippen molar-refractivity contribution in [3.05, 3.63) is 42.4 Å². The summed E-state index contributed by atoms with van der Waals surface area (Å²) in [5.74, 6) is 1.00. The largest absolute Gasteiger partial charge is 0.481 e. The van der Waals surface area contributed by atoms with Crippen LogP contribution in [0.4, 0.5) is 0 Å².